The van der Waals surface area contributed by atoms with Crippen LogP contribution in [0.15, 0.2) is 6.07 Å². The van der Waals surface area contributed by atoms with Crippen LogP contribution in [0.25, 0.3) is 0 Å². The van der Waals surface area contributed by atoms with Crippen LogP contribution in [0.1, 0.15) is 26.0 Å². The van der Waals surface area contributed by atoms with Crippen molar-refractivity contribution in [1.82, 2.24) is 9.78 Å². The van der Waals surface area contributed by atoms with E-state index in [9.17, 15) is 0 Å². The number of hydrogen-bond donors (Lipinski definition) is 1. The molecular weight excluding hydrogens is 138 g/mol. The molecule has 0 spiro atoms. The van der Waals surface area contributed by atoms with Gasteiger partial charge in [0.2, 0.25) is 0 Å². The molecule has 0 aliphatic rings. The Morgan fingerprint density at radius 3 is 2.82 bits per heavy atom. The highest BCUT2D eigenvalue weighted by atomic mass is 15.3. The van der Waals surface area contributed by atoms with Gasteiger partial charge in [-0.05, 0) is 12.8 Å². The molecule has 0 bridgehead atoms. The van der Waals surface area contributed by atoms with Crippen molar-refractivity contribution >= 4 is 5.82 Å². The van der Waals surface area contributed by atoms with Gasteiger partial charge in [0.05, 0.1) is 0 Å². The van der Waals surface area contributed by atoms with Crippen LogP contribution in [0.3, 0.4) is 0 Å². The molecule has 0 fully saturated rings. The van der Waals surface area contributed by atoms with Gasteiger partial charge in [0.15, 0.2) is 0 Å². The van der Waals surface area contributed by atoms with Crippen molar-refractivity contribution in [3.8, 4) is 0 Å². The number of aromatic nitrogens is 2. The van der Waals surface area contributed by atoms with E-state index in [0.29, 0.717) is 5.82 Å². The molecule has 62 valence electrons. The van der Waals surface area contributed by atoms with Gasteiger partial charge in [-0.3, -0.25) is 4.68 Å². The van der Waals surface area contributed by atoms with Gasteiger partial charge in [0.25, 0.3) is 0 Å². The lowest BCUT2D eigenvalue weighted by molar-refractivity contribution is 0.579. The molecule has 11 heavy (non-hydrogen) atoms. The van der Waals surface area contributed by atoms with Crippen LogP contribution in [0.4, 0.5) is 5.82 Å². The standard InChI is InChI=1S/C8H15N3/c1-3-5-11-7(4-2)6-8(9)10-11/h6H,3-5H2,1-2H3,(H2,9,10). The van der Waals surface area contributed by atoms with Gasteiger partial charge in [-0.1, -0.05) is 13.8 Å². The summed E-state index contributed by atoms with van der Waals surface area (Å²) in [4.78, 5) is 0. The minimum absolute atomic E-state index is 0.635. The third-order valence-electron chi connectivity index (χ3n) is 1.68. The summed E-state index contributed by atoms with van der Waals surface area (Å²) in [6.07, 6.45) is 2.11. The summed E-state index contributed by atoms with van der Waals surface area (Å²) in [5, 5.41) is 4.17. The Kier molecular flexibility index (Phi) is 2.52. The highest BCUT2D eigenvalue weighted by Crippen LogP contribution is 2.06. The highest BCUT2D eigenvalue weighted by Gasteiger charge is 2.01. The molecular formula is C8H15N3. The minimum atomic E-state index is 0.635. The molecule has 0 unspecified atom stereocenters. The number of anilines is 1. The fraction of sp³-hybridized carbons (Fsp3) is 0.625. The van der Waals surface area contributed by atoms with Crippen molar-refractivity contribution in [3.05, 3.63) is 11.8 Å². The maximum atomic E-state index is 5.55. The van der Waals surface area contributed by atoms with Gasteiger partial charge >= 0.3 is 0 Å². The van der Waals surface area contributed by atoms with E-state index in [-0.39, 0.29) is 0 Å². The van der Waals surface area contributed by atoms with E-state index in [4.69, 9.17) is 5.73 Å². The highest BCUT2D eigenvalue weighted by molar-refractivity contribution is 5.29. The second-order valence-corrected chi connectivity index (χ2v) is 2.64. The van der Waals surface area contributed by atoms with E-state index in [1.165, 1.54) is 5.69 Å². The van der Waals surface area contributed by atoms with Crippen molar-refractivity contribution in [2.75, 3.05) is 5.73 Å². The number of aryl methyl sites for hydroxylation is 2. The average molecular weight is 153 g/mol. The van der Waals surface area contributed by atoms with Crippen LogP contribution >= 0.6 is 0 Å². The number of rotatable bonds is 3. The van der Waals surface area contributed by atoms with Gasteiger partial charge in [0.1, 0.15) is 5.82 Å². The first-order chi connectivity index (χ1) is 5.27. The summed E-state index contributed by atoms with van der Waals surface area (Å²) in [6.45, 7) is 5.22. The van der Waals surface area contributed by atoms with E-state index < -0.39 is 0 Å². The van der Waals surface area contributed by atoms with Crippen molar-refractivity contribution < 1.29 is 0 Å². The molecule has 0 aliphatic heterocycles. The zero-order valence-corrected chi connectivity index (χ0v) is 7.17. The van der Waals surface area contributed by atoms with Crippen molar-refractivity contribution in [2.45, 2.75) is 33.2 Å². The Balaban J connectivity index is 2.83. The molecule has 1 aromatic heterocycles. The van der Waals surface area contributed by atoms with E-state index >= 15 is 0 Å². The zero-order chi connectivity index (χ0) is 8.27. The van der Waals surface area contributed by atoms with Crippen molar-refractivity contribution in [1.29, 1.82) is 0 Å². The number of nitrogens with two attached hydrogens (primary N) is 1. The number of hydrogen-bond acceptors (Lipinski definition) is 2. The van der Waals surface area contributed by atoms with Gasteiger partial charge in [-0.2, -0.15) is 5.10 Å². The van der Waals surface area contributed by atoms with Crippen LogP contribution in [-0.4, -0.2) is 9.78 Å². The lowest BCUT2D eigenvalue weighted by Crippen LogP contribution is -2.03. The Labute approximate surface area is 67.2 Å². The van der Waals surface area contributed by atoms with Crippen LogP contribution < -0.4 is 5.73 Å². The monoisotopic (exact) mass is 153 g/mol. The van der Waals surface area contributed by atoms with Crippen LogP contribution in [0.2, 0.25) is 0 Å². The summed E-state index contributed by atoms with van der Waals surface area (Å²) in [7, 11) is 0. The van der Waals surface area contributed by atoms with Crippen LogP contribution in [0.5, 0.6) is 0 Å². The SMILES string of the molecule is CCCn1nc(N)cc1CC. The fourth-order valence-electron chi connectivity index (χ4n) is 1.17. The van der Waals surface area contributed by atoms with Crippen LogP contribution in [0, 0.1) is 0 Å². The van der Waals surface area contributed by atoms with Gasteiger partial charge in [-0.15, -0.1) is 0 Å². The molecule has 3 nitrogen and oxygen atoms in total. The zero-order valence-electron chi connectivity index (χ0n) is 7.17. The van der Waals surface area contributed by atoms with Gasteiger partial charge < -0.3 is 5.73 Å². The third-order valence-corrected chi connectivity index (χ3v) is 1.68. The Bertz CT molecular complexity index is 227. The molecule has 0 aliphatic carbocycles. The molecule has 3 heteroatoms. The molecule has 2 N–H and O–H groups in total. The Morgan fingerprint density at radius 1 is 1.55 bits per heavy atom. The third kappa shape index (κ3) is 1.73. The van der Waals surface area contributed by atoms with E-state index in [2.05, 4.69) is 18.9 Å². The first kappa shape index (κ1) is 8.11. The second-order valence-electron chi connectivity index (χ2n) is 2.64. The smallest absolute Gasteiger partial charge is 0.145 e. The second kappa shape index (κ2) is 3.42. The fourth-order valence-corrected chi connectivity index (χ4v) is 1.17. The molecule has 1 rings (SSSR count). The lowest BCUT2D eigenvalue weighted by atomic mass is 10.3. The predicted molar refractivity (Wildman–Crippen MR) is 46.3 cm³/mol. The molecule has 1 heterocycles. The predicted octanol–water partition coefficient (Wildman–Crippen LogP) is 1.44. The minimum Gasteiger partial charge on any atom is -0.382 e. The normalized spacial score (nSPS) is 10.4. The number of nitrogens with zero attached hydrogens (tertiary/aromatic N) is 2. The molecule has 0 aromatic carbocycles. The topological polar surface area (TPSA) is 43.8 Å². The maximum absolute atomic E-state index is 5.55. The molecule has 0 radical (unpaired) electrons. The molecule has 0 saturated heterocycles. The average Bonchev–Trinajstić information content (AvgIpc) is 2.32. The van der Waals surface area contributed by atoms with Crippen molar-refractivity contribution in [2.24, 2.45) is 0 Å². The van der Waals surface area contributed by atoms with Crippen LogP contribution in [-0.2, 0) is 13.0 Å². The molecule has 0 atom stereocenters. The van der Waals surface area contributed by atoms with Gasteiger partial charge in [0, 0.05) is 18.3 Å². The molecule has 0 saturated carbocycles. The summed E-state index contributed by atoms with van der Waals surface area (Å²) < 4.78 is 1.98. The van der Waals surface area contributed by atoms with Crippen molar-refractivity contribution in [3.63, 3.8) is 0 Å². The van der Waals surface area contributed by atoms with E-state index in [1.54, 1.807) is 0 Å². The Hall–Kier alpha value is -0.990. The van der Waals surface area contributed by atoms with Gasteiger partial charge in [-0.25, -0.2) is 0 Å². The van der Waals surface area contributed by atoms with E-state index in [1.807, 2.05) is 10.7 Å². The number of nitrogen functional groups attached to an aromatic ring is 1. The summed E-state index contributed by atoms with van der Waals surface area (Å²) in [5.74, 6) is 0.635. The maximum Gasteiger partial charge on any atom is 0.145 e. The summed E-state index contributed by atoms with van der Waals surface area (Å²) in [5.41, 5.74) is 6.78. The first-order valence-corrected chi connectivity index (χ1v) is 4.10. The molecule has 1 aromatic rings. The lowest BCUT2D eigenvalue weighted by Gasteiger charge is -2.01. The van der Waals surface area contributed by atoms with E-state index in [0.717, 1.165) is 19.4 Å². The first-order valence-electron chi connectivity index (χ1n) is 4.10. The molecule has 0 amide bonds. The summed E-state index contributed by atoms with van der Waals surface area (Å²) in [6, 6.07) is 1.94. The quantitative estimate of drug-likeness (QED) is 0.714. The Morgan fingerprint density at radius 2 is 2.27 bits per heavy atom. The largest absolute Gasteiger partial charge is 0.382 e. The summed E-state index contributed by atoms with van der Waals surface area (Å²) >= 11 is 0.